The number of fused-ring (bicyclic) bond motifs is 1. The van der Waals surface area contributed by atoms with Gasteiger partial charge in [-0.2, -0.15) is 0 Å². The largest absolute Gasteiger partial charge is 0.289 e. The molecule has 1 aromatic carbocycles. The number of aryl methyl sites for hydroxylation is 1. The molecule has 0 bridgehead atoms. The number of benzene rings is 1. The third-order valence-corrected chi connectivity index (χ3v) is 2.93. The van der Waals surface area contributed by atoms with Crippen molar-refractivity contribution in [1.82, 2.24) is 2.78 Å². The van der Waals surface area contributed by atoms with Gasteiger partial charge in [-0.25, -0.2) is 0 Å². The molecule has 2 heteroatoms. The number of aromatic nitrogens is 1. The summed E-state index contributed by atoms with van der Waals surface area (Å²) in [5.74, 6) is 0. The topological polar surface area (TPSA) is 4.93 Å². The molecule has 0 radical (unpaired) electrons. The van der Waals surface area contributed by atoms with Crippen LogP contribution in [0.15, 0.2) is 30.5 Å². The van der Waals surface area contributed by atoms with Crippen LogP contribution in [0.25, 0.3) is 10.9 Å². The molecule has 0 saturated heterocycles. The predicted octanol–water partition coefficient (Wildman–Crippen LogP) is 3.40. The number of hydrogen-bond acceptors (Lipinski definition) is 0. The Bertz CT molecular complexity index is 403. The lowest BCUT2D eigenvalue weighted by molar-refractivity contribution is 1.15. The second-order valence-corrected chi connectivity index (χ2v) is 3.88. The molecule has 0 aliphatic heterocycles. The second-order valence-electron chi connectivity index (χ2n) is 2.84. The van der Waals surface area contributed by atoms with Gasteiger partial charge in [0.05, 0.1) is 28.4 Å². The van der Waals surface area contributed by atoms with Gasteiger partial charge < -0.3 is 0 Å². The number of halogens is 1. The first-order chi connectivity index (χ1) is 5.83. The highest BCUT2D eigenvalue weighted by atomic mass is 127. The van der Waals surface area contributed by atoms with Gasteiger partial charge in [0.15, 0.2) is 0 Å². The van der Waals surface area contributed by atoms with Crippen LogP contribution in [-0.2, 0) is 6.42 Å². The molecule has 0 aliphatic rings. The number of hydrogen-bond donors (Lipinski definition) is 0. The minimum atomic E-state index is 1.11. The monoisotopic (exact) mass is 271 g/mol. The summed E-state index contributed by atoms with van der Waals surface area (Å²) in [7, 11) is 0. The SMILES string of the molecule is CCc1cn(I)c2ccccc12. The summed E-state index contributed by atoms with van der Waals surface area (Å²) in [4.78, 5) is 0. The van der Waals surface area contributed by atoms with E-state index in [1.165, 1.54) is 16.5 Å². The van der Waals surface area contributed by atoms with Crippen molar-refractivity contribution in [2.75, 3.05) is 0 Å². The number of para-hydroxylation sites is 1. The van der Waals surface area contributed by atoms with Crippen molar-refractivity contribution in [2.24, 2.45) is 0 Å². The van der Waals surface area contributed by atoms with Gasteiger partial charge in [0, 0.05) is 11.6 Å². The predicted molar refractivity (Wildman–Crippen MR) is 60.7 cm³/mol. The van der Waals surface area contributed by atoms with Gasteiger partial charge in [-0.05, 0) is 18.1 Å². The van der Waals surface area contributed by atoms with Crippen LogP contribution in [0.5, 0.6) is 0 Å². The molecule has 0 amide bonds. The molecule has 62 valence electrons. The van der Waals surface area contributed by atoms with Crippen LogP contribution in [0.2, 0.25) is 0 Å². The fourth-order valence-corrected chi connectivity index (χ4v) is 2.25. The molecule has 0 fully saturated rings. The Morgan fingerprint density at radius 3 is 2.83 bits per heavy atom. The third-order valence-electron chi connectivity index (χ3n) is 2.13. The maximum absolute atomic E-state index is 2.32. The first kappa shape index (κ1) is 8.10. The van der Waals surface area contributed by atoms with Gasteiger partial charge in [0.25, 0.3) is 0 Å². The summed E-state index contributed by atoms with van der Waals surface area (Å²) in [5.41, 5.74) is 2.75. The van der Waals surface area contributed by atoms with Crippen molar-refractivity contribution in [3.8, 4) is 0 Å². The summed E-state index contributed by atoms with van der Waals surface area (Å²) in [6, 6.07) is 8.51. The molecule has 0 atom stereocenters. The van der Waals surface area contributed by atoms with Gasteiger partial charge in [0.1, 0.15) is 0 Å². The molecule has 2 rings (SSSR count). The van der Waals surface area contributed by atoms with Gasteiger partial charge in [-0.15, -0.1) is 0 Å². The van der Waals surface area contributed by atoms with Crippen LogP contribution < -0.4 is 0 Å². The van der Waals surface area contributed by atoms with E-state index in [4.69, 9.17) is 0 Å². The highest BCUT2D eigenvalue weighted by molar-refractivity contribution is 14.1. The van der Waals surface area contributed by atoms with Gasteiger partial charge in [-0.1, -0.05) is 25.1 Å². The average Bonchev–Trinajstić information content (AvgIpc) is 2.44. The molecule has 0 unspecified atom stereocenters. The molecule has 1 heterocycles. The smallest absolute Gasteiger partial charge is 0.0640 e. The van der Waals surface area contributed by atoms with E-state index in [-0.39, 0.29) is 0 Å². The van der Waals surface area contributed by atoms with Crippen molar-refractivity contribution in [1.29, 1.82) is 0 Å². The normalized spacial score (nSPS) is 10.8. The molecule has 0 aliphatic carbocycles. The standard InChI is InChI=1S/C10H10IN/c1-2-8-7-12(11)10-6-4-3-5-9(8)10/h3-7H,2H2,1H3. The van der Waals surface area contributed by atoms with Crippen LogP contribution in [-0.4, -0.2) is 2.78 Å². The maximum atomic E-state index is 2.32. The Labute approximate surface area is 85.9 Å². The van der Waals surface area contributed by atoms with E-state index >= 15 is 0 Å². The van der Waals surface area contributed by atoms with Gasteiger partial charge in [0.2, 0.25) is 0 Å². The first-order valence-electron chi connectivity index (χ1n) is 4.08. The Kier molecular flexibility index (Phi) is 2.09. The zero-order valence-corrected chi connectivity index (χ0v) is 9.08. The highest BCUT2D eigenvalue weighted by Crippen LogP contribution is 2.23. The molecule has 12 heavy (non-hydrogen) atoms. The van der Waals surface area contributed by atoms with E-state index in [0.29, 0.717) is 0 Å². The molecule has 2 aromatic rings. The fourth-order valence-electron chi connectivity index (χ4n) is 1.49. The maximum Gasteiger partial charge on any atom is 0.0640 e. The van der Waals surface area contributed by atoms with Crippen molar-refractivity contribution in [2.45, 2.75) is 13.3 Å². The van der Waals surface area contributed by atoms with Crippen LogP contribution >= 0.6 is 22.9 Å². The van der Waals surface area contributed by atoms with E-state index in [0.717, 1.165) is 6.42 Å². The van der Waals surface area contributed by atoms with Crippen molar-refractivity contribution in [3.63, 3.8) is 0 Å². The van der Waals surface area contributed by atoms with Crippen LogP contribution in [0.1, 0.15) is 12.5 Å². The Hall–Kier alpha value is -0.510. The van der Waals surface area contributed by atoms with E-state index in [1.807, 2.05) is 0 Å². The molecule has 0 spiro atoms. The highest BCUT2D eigenvalue weighted by Gasteiger charge is 2.03. The lowest BCUT2D eigenvalue weighted by Crippen LogP contribution is -1.72. The van der Waals surface area contributed by atoms with Crippen LogP contribution in [0, 0.1) is 0 Å². The second kappa shape index (κ2) is 3.09. The number of nitrogens with zero attached hydrogens (tertiary/aromatic N) is 1. The van der Waals surface area contributed by atoms with Gasteiger partial charge >= 0.3 is 0 Å². The Balaban J connectivity index is 2.82. The molecule has 1 nitrogen and oxygen atoms in total. The minimum absolute atomic E-state index is 1.11. The van der Waals surface area contributed by atoms with E-state index in [2.05, 4.69) is 63.0 Å². The van der Waals surface area contributed by atoms with E-state index < -0.39 is 0 Å². The first-order valence-corrected chi connectivity index (χ1v) is 5.04. The lowest BCUT2D eigenvalue weighted by atomic mass is 10.1. The summed E-state index contributed by atoms with van der Waals surface area (Å²) >= 11 is 2.32. The quantitative estimate of drug-likeness (QED) is 0.700. The molecule has 0 saturated carbocycles. The minimum Gasteiger partial charge on any atom is -0.289 e. The third kappa shape index (κ3) is 1.14. The zero-order chi connectivity index (χ0) is 8.55. The zero-order valence-electron chi connectivity index (χ0n) is 6.92. The van der Waals surface area contributed by atoms with Crippen molar-refractivity contribution in [3.05, 3.63) is 36.0 Å². The molecule has 0 N–H and O–H groups in total. The average molecular weight is 271 g/mol. The van der Waals surface area contributed by atoms with E-state index in [1.54, 1.807) is 0 Å². The lowest BCUT2D eigenvalue weighted by Gasteiger charge is -1.91. The van der Waals surface area contributed by atoms with Crippen LogP contribution in [0.3, 0.4) is 0 Å². The summed E-state index contributed by atoms with van der Waals surface area (Å²) < 4.78 is 2.16. The Morgan fingerprint density at radius 1 is 1.33 bits per heavy atom. The Morgan fingerprint density at radius 2 is 2.08 bits per heavy atom. The molecular weight excluding hydrogens is 261 g/mol. The molecule has 1 aromatic heterocycles. The number of rotatable bonds is 1. The summed E-state index contributed by atoms with van der Waals surface area (Å²) in [6.07, 6.45) is 3.31. The van der Waals surface area contributed by atoms with Crippen LogP contribution in [0.4, 0.5) is 0 Å². The van der Waals surface area contributed by atoms with Crippen molar-refractivity contribution < 1.29 is 0 Å². The van der Waals surface area contributed by atoms with E-state index in [9.17, 15) is 0 Å². The summed E-state index contributed by atoms with van der Waals surface area (Å²) in [6.45, 7) is 2.19. The fraction of sp³-hybridized carbons (Fsp3) is 0.200. The summed E-state index contributed by atoms with van der Waals surface area (Å²) in [5, 5.41) is 1.38. The molecular formula is C10H10IN. The van der Waals surface area contributed by atoms with Crippen molar-refractivity contribution >= 4 is 33.8 Å². The van der Waals surface area contributed by atoms with Gasteiger partial charge in [-0.3, -0.25) is 2.78 Å².